The molecule has 1 aromatic rings. The molecular formula is C6H4O6S2. The normalized spacial score (nSPS) is 12.7. The molecule has 0 aliphatic heterocycles. The minimum atomic E-state index is -4.57. The highest BCUT2D eigenvalue weighted by molar-refractivity contribution is 7.86. The molecule has 2 N–H and O–H groups in total. The van der Waals surface area contributed by atoms with E-state index in [9.17, 15) is 16.8 Å². The molecular weight excluding hydrogens is 232 g/mol. The van der Waals surface area contributed by atoms with Crippen molar-refractivity contribution < 1.29 is 25.9 Å². The number of rotatable bonds is 2. The van der Waals surface area contributed by atoms with E-state index in [0.717, 1.165) is 12.1 Å². The largest absolute Gasteiger partial charge is 0.295 e. The van der Waals surface area contributed by atoms with Crippen LogP contribution in [0.3, 0.4) is 0 Å². The zero-order valence-corrected chi connectivity index (χ0v) is 8.13. The minimum absolute atomic E-state index is 0.746. The standard InChI is InChI=1S/C6H4O6S2/c7-13(8,9)5-2-1-3-6(4-5)14(10,11)12/h1-2H,(H,7,8,9)(H,10,11,12). The Kier molecular flexibility index (Phi) is 2.63. The van der Waals surface area contributed by atoms with E-state index in [1.807, 2.05) is 0 Å². The van der Waals surface area contributed by atoms with E-state index >= 15 is 0 Å². The molecule has 8 heteroatoms. The van der Waals surface area contributed by atoms with Gasteiger partial charge in [0.05, 0.1) is 0 Å². The van der Waals surface area contributed by atoms with Gasteiger partial charge in [-0.3, -0.25) is 9.11 Å². The van der Waals surface area contributed by atoms with E-state index in [1.165, 1.54) is 0 Å². The lowest BCUT2D eigenvalue weighted by molar-refractivity contribution is 0.480. The molecule has 0 atom stereocenters. The van der Waals surface area contributed by atoms with Gasteiger partial charge in [-0.2, -0.15) is 16.8 Å². The van der Waals surface area contributed by atoms with Crippen molar-refractivity contribution in [1.82, 2.24) is 0 Å². The third-order valence-corrected chi connectivity index (χ3v) is 2.75. The van der Waals surface area contributed by atoms with Gasteiger partial charge in [0.1, 0.15) is 9.79 Å². The summed E-state index contributed by atoms with van der Waals surface area (Å²) in [4.78, 5) is -1.59. The fourth-order valence-electron chi connectivity index (χ4n) is 0.672. The van der Waals surface area contributed by atoms with E-state index in [0.29, 0.717) is 0 Å². The van der Waals surface area contributed by atoms with Gasteiger partial charge in [-0.1, -0.05) is 6.07 Å². The van der Waals surface area contributed by atoms with E-state index in [-0.39, 0.29) is 0 Å². The molecule has 0 aliphatic rings. The number of hydrogen-bond donors (Lipinski definition) is 2. The van der Waals surface area contributed by atoms with Gasteiger partial charge < -0.3 is 0 Å². The molecule has 0 spiro atoms. The van der Waals surface area contributed by atoms with Crippen molar-refractivity contribution in [1.29, 1.82) is 0 Å². The summed E-state index contributed by atoms with van der Waals surface area (Å²) in [5, 5.41) is 0. The summed E-state index contributed by atoms with van der Waals surface area (Å²) >= 11 is 0. The molecule has 0 aromatic heterocycles. The lowest BCUT2D eigenvalue weighted by Gasteiger charge is -1.98. The zero-order chi connectivity index (χ0) is 11.0. The molecule has 76 valence electrons. The third-order valence-electron chi connectivity index (χ3n) is 1.22. The van der Waals surface area contributed by atoms with Crippen LogP contribution in [0.4, 0.5) is 0 Å². The Bertz CT molecular complexity index is 494. The molecule has 0 heterocycles. The molecule has 1 rings (SSSR count). The Morgan fingerprint density at radius 1 is 1.07 bits per heavy atom. The van der Waals surface area contributed by atoms with Crippen molar-refractivity contribution in [3.8, 4) is 0 Å². The monoisotopic (exact) mass is 236 g/mol. The lowest BCUT2D eigenvalue weighted by Crippen LogP contribution is -2.03. The second kappa shape index (κ2) is 3.31. The first-order valence-corrected chi connectivity index (χ1v) is 5.98. The molecule has 0 unspecified atom stereocenters. The Morgan fingerprint density at radius 3 is 2.07 bits per heavy atom. The summed E-state index contributed by atoms with van der Waals surface area (Å²) in [5.74, 6) is 0. The second-order valence-electron chi connectivity index (χ2n) is 2.25. The van der Waals surface area contributed by atoms with E-state index < -0.39 is 30.0 Å². The fourth-order valence-corrected chi connectivity index (χ4v) is 1.66. The van der Waals surface area contributed by atoms with E-state index in [2.05, 4.69) is 6.07 Å². The van der Waals surface area contributed by atoms with Crippen LogP contribution in [0, 0.1) is 12.1 Å². The third kappa shape index (κ3) is 2.51. The van der Waals surface area contributed by atoms with Crippen molar-refractivity contribution in [2.24, 2.45) is 0 Å². The summed E-state index contributed by atoms with van der Waals surface area (Å²) in [6.07, 6.45) is 0. The van der Waals surface area contributed by atoms with Gasteiger partial charge in [-0.15, -0.1) is 0 Å². The molecule has 0 fully saturated rings. The van der Waals surface area contributed by atoms with Crippen LogP contribution in [-0.2, 0) is 20.2 Å². The van der Waals surface area contributed by atoms with Crippen LogP contribution in [0.15, 0.2) is 21.9 Å². The predicted octanol–water partition coefficient (Wildman–Crippen LogP) is -0.220. The quantitative estimate of drug-likeness (QED) is 0.687. The molecule has 0 saturated carbocycles. The average molecular weight is 236 g/mol. The maximum Gasteiger partial charge on any atom is 0.295 e. The van der Waals surface area contributed by atoms with Crippen LogP contribution in [0.1, 0.15) is 0 Å². The van der Waals surface area contributed by atoms with Crippen molar-refractivity contribution in [2.75, 3.05) is 0 Å². The predicted molar refractivity (Wildman–Crippen MR) is 43.7 cm³/mol. The SMILES string of the molecule is O=S(=O)(O)c1[c]ccc(S(=O)(=O)O)[c]1. The molecule has 2 radical (unpaired) electrons. The molecule has 0 aliphatic carbocycles. The highest BCUT2D eigenvalue weighted by Crippen LogP contribution is 2.13. The maximum absolute atomic E-state index is 10.5. The van der Waals surface area contributed by atoms with Gasteiger partial charge in [-0.05, 0) is 6.07 Å². The highest BCUT2D eigenvalue weighted by Gasteiger charge is 2.16. The number of hydrogen-bond acceptors (Lipinski definition) is 4. The zero-order valence-electron chi connectivity index (χ0n) is 6.50. The van der Waals surface area contributed by atoms with Crippen LogP contribution >= 0.6 is 0 Å². The fraction of sp³-hybridized carbons (Fsp3) is 0. The van der Waals surface area contributed by atoms with Gasteiger partial charge in [-0.25, -0.2) is 0 Å². The molecule has 0 saturated heterocycles. The van der Waals surface area contributed by atoms with Crippen molar-refractivity contribution >= 4 is 20.2 Å². The van der Waals surface area contributed by atoms with Gasteiger partial charge in [0, 0.05) is 12.1 Å². The smallest absolute Gasteiger partial charge is 0.282 e. The summed E-state index contributed by atoms with van der Waals surface area (Å²) < 4.78 is 59.2. The van der Waals surface area contributed by atoms with Crippen LogP contribution in [0.5, 0.6) is 0 Å². The Labute approximate surface area is 80.7 Å². The van der Waals surface area contributed by atoms with Crippen LogP contribution in [0.2, 0.25) is 0 Å². The van der Waals surface area contributed by atoms with Gasteiger partial charge >= 0.3 is 0 Å². The average Bonchev–Trinajstić information content (AvgIpc) is 2.01. The van der Waals surface area contributed by atoms with Crippen molar-refractivity contribution in [3.63, 3.8) is 0 Å². The van der Waals surface area contributed by atoms with Crippen molar-refractivity contribution in [3.05, 3.63) is 24.3 Å². The first kappa shape index (κ1) is 11.1. The van der Waals surface area contributed by atoms with Gasteiger partial charge in [0.2, 0.25) is 0 Å². The van der Waals surface area contributed by atoms with Crippen LogP contribution in [-0.4, -0.2) is 25.9 Å². The molecule has 14 heavy (non-hydrogen) atoms. The topological polar surface area (TPSA) is 109 Å². The van der Waals surface area contributed by atoms with Gasteiger partial charge in [0.25, 0.3) is 20.2 Å². The minimum Gasteiger partial charge on any atom is -0.282 e. The van der Waals surface area contributed by atoms with Gasteiger partial charge in [0.15, 0.2) is 0 Å². The van der Waals surface area contributed by atoms with E-state index in [1.54, 1.807) is 6.07 Å². The summed E-state index contributed by atoms with van der Waals surface area (Å²) in [5.41, 5.74) is 0. The summed E-state index contributed by atoms with van der Waals surface area (Å²) in [7, 11) is -9.11. The molecule has 1 aromatic carbocycles. The van der Waals surface area contributed by atoms with E-state index in [4.69, 9.17) is 9.11 Å². The first-order valence-electron chi connectivity index (χ1n) is 3.10. The van der Waals surface area contributed by atoms with Crippen LogP contribution in [0.25, 0.3) is 0 Å². The summed E-state index contributed by atoms with van der Waals surface area (Å²) in [6.45, 7) is 0. The second-order valence-corrected chi connectivity index (χ2v) is 4.99. The Morgan fingerprint density at radius 2 is 1.64 bits per heavy atom. The molecule has 0 amide bonds. The highest BCUT2D eigenvalue weighted by atomic mass is 32.2. The van der Waals surface area contributed by atoms with Crippen LogP contribution < -0.4 is 0 Å². The number of benzene rings is 1. The maximum atomic E-state index is 10.5. The first-order chi connectivity index (χ1) is 6.21. The molecule has 0 bridgehead atoms. The Balaban J connectivity index is 3.44. The molecule has 6 nitrogen and oxygen atoms in total. The summed E-state index contributed by atoms with van der Waals surface area (Å²) in [6, 6.07) is 5.67. The lowest BCUT2D eigenvalue weighted by atomic mass is 10.4. The Hall–Kier alpha value is -0.960. The van der Waals surface area contributed by atoms with Crippen molar-refractivity contribution in [2.45, 2.75) is 9.79 Å².